The van der Waals surface area contributed by atoms with Crippen LogP contribution in [-0.4, -0.2) is 97.8 Å². The number of halogens is 2. The number of β-amino-alcohol motifs (C(OH)–C–C–N with tert-alkyl or cyclic N) is 1. The number of carbonyl (C=O) groups is 1. The lowest BCUT2D eigenvalue weighted by Gasteiger charge is -2.37. The van der Waals surface area contributed by atoms with E-state index in [1.165, 1.54) is 17.0 Å². The van der Waals surface area contributed by atoms with E-state index in [9.17, 15) is 23.4 Å². The zero-order chi connectivity index (χ0) is 45.1. The molecule has 2 aliphatic heterocycles. The van der Waals surface area contributed by atoms with Crippen molar-refractivity contribution in [2.24, 2.45) is 7.05 Å². The molecule has 2 saturated heterocycles. The fraction of sp³-hybridized carbons (Fsp3) is 0.286. The fourth-order valence-electron chi connectivity index (χ4n) is 8.53. The van der Waals surface area contributed by atoms with E-state index in [0.29, 0.717) is 78.2 Å². The van der Waals surface area contributed by atoms with Gasteiger partial charge in [-0.25, -0.2) is 17.6 Å². The summed E-state index contributed by atoms with van der Waals surface area (Å²) in [5, 5.41) is 24.3. The first-order valence-corrected chi connectivity index (χ1v) is 24.1. The van der Waals surface area contributed by atoms with E-state index < -0.39 is 21.8 Å². The quantitative estimate of drug-likeness (QED) is 0.0698. The predicted octanol–water partition coefficient (Wildman–Crippen LogP) is 9.23. The molecule has 64 heavy (non-hydrogen) atoms. The molecule has 0 amide bonds. The number of thioether (sulfide) groups is 1. The summed E-state index contributed by atoms with van der Waals surface area (Å²) in [4.78, 5) is 20.5. The minimum absolute atomic E-state index is 0.120. The van der Waals surface area contributed by atoms with Gasteiger partial charge in [0.2, 0.25) is 0 Å². The Morgan fingerprint density at radius 1 is 0.859 bits per heavy atom. The number of hydrogen-bond acceptors (Lipinski definition) is 9. The van der Waals surface area contributed by atoms with Crippen molar-refractivity contribution in [3.05, 3.63) is 143 Å². The Labute approximate surface area is 383 Å². The van der Waals surface area contributed by atoms with Gasteiger partial charge in [-0.05, 0) is 122 Å². The summed E-state index contributed by atoms with van der Waals surface area (Å²) in [6.07, 6.45) is 0.633. The van der Waals surface area contributed by atoms with Crippen LogP contribution in [0.1, 0.15) is 28.0 Å². The number of aliphatic hydroxyl groups excluding tert-OH is 1. The van der Waals surface area contributed by atoms with E-state index in [-0.39, 0.29) is 22.6 Å². The summed E-state index contributed by atoms with van der Waals surface area (Å²) in [6.45, 7) is 8.34. The standard InChI is InChI=1S/C49H52ClFN6O5S2/c1-32-25-44(17-18-45(32)52-39(19-20-55-29-42(58)30-55)31-63-43-7-5-4-6-8-43)64(61,62)53-38-13-15-40(16-14-38)56-21-23-57(24-22-56)41-27-35(26-37(51)28-41)47-46(49(59)60)33(2)54(3)48(47)34-9-11-36(50)12-10-34/h4-18,25-28,39,42,52-53,58H,19-24,29-31H2,1-3H3,(H,59,60)/t39-/m1/s1. The van der Waals surface area contributed by atoms with E-state index in [4.69, 9.17) is 11.6 Å². The molecule has 3 heterocycles. The molecule has 1 atom stereocenters. The van der Waals surface area contributed by atoms with Crippen molar-refractivity contribution in [1.82, 2.24) is 9.47 Å². The van der Waals surface area contributed by atoms with E-state index >= 15 is 4.39 Å². The number of piperazine rings is 1. The number of benzene rings is 5. The Hall–Kier alpha value is -5.51. The van der Waals surface area contributed by atoms with Gasteiger partial charge in [0.05, 0.1) is 22.3 Å². The zero-order valence-corrected chi connectivity index (χ0v) is 38.4. The third-order valence-corrected chi connectivity index (χ3v) is 14.9. The van der Waals surface area contributed by atoms with Crippen molar-refractivity contribution in [1.29, 1.82) is 0 Å². The summed E-state index contributed by atoms with van der Waals surface area (Å²) in [7, 11) is -2.08. The highest BCUT2D eigenvalue weighted by molar-refractivity contribution is 7.99. The van der Waals surface area contributed by atoms with Crippen molar-refractivity contribution in [2.75, 3.05) is 71.4 Å². The molecule has 6 aromatic rings. The van der Waals surface area contributed by atoms with Crippen LogP contribution in [0, 0.1) is 19.7 Å². The molecule has 1 aromatic heterocycles. The van der Waals surface area contributed by atoms with Gasteiger partial charge in [-0.1, -0.05) is 41.9 Å². The molecule has 0 spiro atoms. The Balaban J connectivity index is 0.907. The molecule has 0 bridgehead atoms. The molecule has 2 fully saturated rings. The summed E-state index contributed by atoms with van der Waals surface area (Å²) < 4.78 is 47.3. The topological polar surface area (TPSA) is 130 Å². The number of likely N-dealkylation sites (tertiary alicyclic amines) is 1. The average molecular weight is 924 g/mol. The third kappa shape index (κ3) is 10.2. The lowest BCUT2D eigenvalue weighted by molar-refractivity contribution is 0.00138. The molecule has 0 saturated carbocycles. The van der Waals surface area contributed by atoms with Crippen molar-refractivity contribution in [2.45, 2.75) is 42.2 Å². The monoisotopic (exact) mass is 922 g/mol. The van der Waals surface area contributed by atoms with Gasteiger partial charge in [-0.3, -0.25) is 9.62 Å². The van der Waals surface area contributed by atoms with Crippen LogP contribution in [0.5, 0.6) is 0 Å². The lowest BCUT2D eigenvalue weighted by atomic mass is 9.96. The van der Waals surface area contributed by atoms with E-state index in [1.807, 2.05) is 73.1 Å². The minimum atomic E-state index is -3.88. The zero-order valence-electron chi connectivity index (χ0n) is 36.0. The smallest absolute Gasteiger partial charge is 0.338 e. The number of rotatable bonds is 16. The average Bonchev–Trinajstić information content (AvgIpc) is 3.54. The Bertz CT molecular complexity index is 2720. The number of aryl methyl sites for hydroxylation is 1. The molecule has 334 valence electrons. The van der Waals surface area contributed by atoms with Crippen LogP contribution in [0.4, 0.5) is 27.1 Å². The normalized spacial score (nSPS) is 15.2. The maximum Gasteiger partial charge on any atom is 0.338 e. The molecule has 0 radical (unpaired) electrons. The van der Waals surface area contributed by atoms with Gasteiger partial charge in [-0.15, -0.1) is 11.8 Å². The predicted molar refractivity (Wildman–Crippen MR) is 257 cm³/mol. The molecule has 15 heteroatoms. The second-order valence-electron chi connectivity index (χ2n) is 16.5. The maximum atomic E-state index is 15.5. The van der Waals surface area contributed by atoms with Crippen LogP contribution in [0.2, 0.25) is 5.02 Å². The number of aliphatic hydroxyl groups is 1. The highest BCUT2D eigenvalue weighted by Gasteiger charge is 2.28. The molecular formula is C49H52ClFN6O5S2. The number of nitrogens with zero attached hydrogens (tertiary/aromatic N) is 4. The fourth-order valence-corrected chi connectivity index (χ4v) is 10.8. The summed E-state index contributed by atoms with van der Waals surface area (Å²) in [5.41, 5.74) is 6.76. The van der Waals surface area contributed by atoms with Gasteiger partial charge < -0.3 is 29.9 Å². The second-order valence-corrected chi connectivity index (χ2v) is 19.7. The molecule has 8 rings (SSSR count). The number of hydrogen-bond donors (Lipinski definition) is 4. The van der Waals surface area contributed by atoms with Crippen LogP contribution in [0.3, 0.4) is 0 Å². The van der Waals surface area contributed by atoms with E-state index in [0.717, 1.165) is 41.2 Å². The first kappa shape index (κ1) is 45.1. The SMILES string of the molecule is Cc1cc(S(=O)(=O)Nc2ccc(N3CCN(c4cc(F)cc(-c5c(C(=O)O)c(C)n(C)c5-c5ccc(Cl)cc5)c4)CC3)cc2)ccc1N[C@H](CCN1CC(O)C1)CSc1ccccc1. The largest absolute Gasteiger partial charge is 0.478 e. The highest BCUT2D eigenvalue weighted by Crippen LogP contribution is 2.41. The molecule has 0 unspecified atom stereocenters. The number of sulfonamides is 1. The Morgan fingerprint density at radius 3 is 2.17 bits per heavy atom. The molecule has 5 aromatic carbocycles. The van der Waals surface area contributed by atoms with Crippen LogP contribution in [0.25, 0.3) is 22.4 Å². The van der Waals surface area contributed by atoms with Gasteiger partial charge in [0.1, 0.15) is 5.82 Å². The van der Waals surface area contributed by atoms with Gasteiger partial charge in [0.25, 0.3) is 10.0 Å². The second kappa shape index (κ2) is 19.3. The first-order valence-electron chi connectivity index (χ1n) is 21.3. The molecule has 0 aliphatic carbocycles. The maximum absolute atomic E-state index is 15.5. The minimum Gasteiger partial charge on any atom is -0.478 e. The Morgan fingerprint density at radius 2 is 1.53 bits per heavy atom. The molecule has 2 aliphatic rings. The molecule has 11 nitrogen and oxygen atoms in total. The number of carboxylic acids is 1. The lowest BCUT2D eigenvalue weighted by Crippen LogP contribution is -2.51. The van der Waals surface area contributed by atoms with E-state index in [2.05, 4.69) is 36.9 Å². The molecule has 4 N–H and O–H groups in total. The van der Waals surface area contributed by atoms with E-state index in [1.54, 1.807) is 55.1 Å². The van der Waals surface area contributed by atoms with Crippen LogP contribution < -0.4 is 19.8 Å². The summed E-state index contributed by atoms with van der Waals surface area (Å²) in [6, 6.07) is 34.7. The van der Waals surface area contributed by atoms with Crippen molar-refractivity contribution in [3.8, 4) is 22.4 Å². The number of aromatic carboxylic acids is 1. The number of aromatic nitrogens is 1. The van der Waals surface area contributed by atoms with Crippen molar-refractivity contribution >= 4 is 62.1 Å². The Kier molecular flexibility index (Phi) is 13.6. The van der Waals surface area contributed by atoms with Gasteiger partial charge in [-0.2, -0.15) is 0 Å². The van der Waals surface area contributed by atoms with Crippen LogP contribution >= 0.6 is 23.4 Å². The summed E-state index contributed by atoms with van der Waals surface area (Å²) in [5.74, 6) is -0.720. The molecular weight excluding hydrogens is 871 g/mol. The summed E-state index contributed by atoms with van der Waals surface area (Å²) >= 11 is 7.95. The van der Waals surface area contributed by atoms with Gasteiger partial charge in [0.15, 0.2) is 0 Å². The van der Waals surface area contributed by atoms with Gasteiger partial charge in [0, 0.05) is 109 Å². The number of nitrogens with one attached hydrogen (secondary N) is 2. The number of carboxylic acid groups (broad SMARTS) is 1. The van der Waals surface area contributed by atoms with Crippen molar-refractivity contribution in [3.63, 3.8) is 0 Å². The van der Waals surface area contributed by atoms with Gasteiger partial charge >= 0.3 is 5.97 Å². The van der Waals surface area contributed by atoms with Crippen molar-refractivity contribution < 1.29 is 27.8 Å². The van der Waals surface area contributed by atoms with Crippen LogP contribution in [-0.2, 0) is 17.1 Å². The highest BCUT2D eigenvalue weighted by atomic mass is 35.5. The number of anilines is 4. The third-order valence-electron chi connectivity index (χ3n) is 12.1. The first-order chi connectivity index (χ1) is 30.7. The van der Waals surface area contributed by atoms with Crippen LogP contribution in [0.15, 0.2) is 125 Å².